The van der Waals surface area contributed by atoms with Gasteiger partial charge in [-0.25, -0.2) is 9.37 Å². The highest BCUT2D eigenvalue weighted by atomic mass is 32.1. The number of hydrogen-bond acceptors (Lipinski definition) is 4. The summed E-state index contributed by atoms with van der Waals surface area (Å²) in [5.74, 6) is -0.204. The first-order valence-electron chi connectivity index (χ1n) is 7.39. The third-order valence-corrected chi connectivity index (χ3v) is 4.88. The van der Waals surface area contributed by atoms with Gasteiger partial charge in [0.2, 0.25) is 0 Å². The third kappa shape index (κ3) is 3.67. The van der Waals surface area contributed by atoms with Gasteiger partial charge in [-0.2, -0.15) is 0 Å². The van der Waals surface area contributed by atoms with Gasteiger partial charge >= 0.3 is 0 Å². The van der Waals surface area contributed by atoms with Gasteiger partial charge in [0.05, 0.1) is 5.69 Å². The molecule has 1 aliphatic rings. The Bertz CT molecular complexity index is 573. The number of rotatable bonds is 4. The van der Waals surface area contributed by atoms with Crippen molar-refractivity contribution < 1.29 is 4.39 Å². The molecule has 0 aliphatic carbocycles. The molecule has 1 fully saturated rings. The zero-order valence-electron chi connectivity index (χ0n) is 12.3. The summed E-state index contributed by atoms with van der Waals surface area (Å²) in [6.45, 7) is 8.77. The summed E-state index contributed by atoms with van der Waals surface area (Å²) in [6, 6.07) is 6.55. The van der Waals surface area contributed by atoms with Crippen LogP contribution < -0.4 is 0 Å². The second-order valence-corrected chi connectivity index (χ2v) is 6.22. The molecular weight excluding hydrogens is 285 g/mol. The Kier molecular flexibility index (Phi) is 4.63. The van der Waals surface area contributed by atoms with Crippen molar-refractivity contribution in [2.24, 2.45) is 0 Å². The van der Waals surface area contributed by atoms with Crippen LogP contribution in [0.5, 0.6) is 0 Å². The minimum absolute atomic E-state index is 0.204. The van der Waals surface area contributed by atoms with Crippen molar-refractivity contribution in [2.75, 3.05) is 32.7 Å². The molecule has 1 aliphatic heterocycles. The van der Waals surface area contributed by atoms with Crippen LogP contribution in [0.2, 0.25) is 0 Å². The number of thiazole rings is 1. The van der Waals surface area contributed by atoms with Crippen molar-refractivity contribution in [3.05, 3.63) is 41.2 Å². The summed E-state index contributed by atoms with van der Waals surface area (Å²) in [6.07, 6.45) is 0. The quantitative estimate of drug-likeness (QED) is 0.865. The van der Waals surface area contributed by atoms with Gasteiger partial charge in [0, 0.05) is 43.7 Å². The Morgan fingerprint density at radius 3 is 2.43 bits per heavy atom. The molecular formula is C16H20FN3S. The number of benzene rings is 1. The van der Waals surface area contributed by atoms with Crippen LogP contribution in [0.15, 0.2) is 29.6 Å². The second-order valence-electron chi connectivity index (χ2n) is 5.36. The first kappa shape index (κ1) is 14.6. The summed E-state index contributed by atoms with van der Waals surface area (Å²) >= 11 is 1.63. The first-order chi connectivity index (χ1) is 10.2. The Hall–Kier alpha value is -1.30. The van der Waals surface area contributed by atoms with Crippen molar-refractivity contribution in [2.45, 2.75) is 13.5 Å². The van der Waals surface area contributed by atoms with Crippen LogP contribution in [0.25, 0.3) is 10.6 Å². The molecule has 0 spiro atoms. The molecule has 1 aromatic carbocycles. The molecule has 0 atom stereocenters. The number of halogens is 1. The van der Waals surface area contributed by atoms with E-state index in [-0.39, 0.29) is 5.82 Å². The van der Waals surface area contributed by atoms with Gasteiger partial charge in [-0.05, 0) is 30.8 Å². The number of hydrogen-bond donors (Lipinski definition) is 0. The van der Waals surface area contributed by atoms with Crippen molar-refractivity contribution in [3.63, 3.8) is 0 Å². The van der Waals surface area contributed by atoms with Crippen LogP contribution in [-0.4, -0.2) is 47.5 Å². The van der Waals surface area contributed by atoms with Gasteiger partial charge in [0.1, 0.15) is 10.8 Å². The second kappa shape index (κ2) is 6.64. The molecule has 3 nitrogen and oxygen atoms in total. The fourth-order valence-electron chi connectivity index (χ4n) is 2.60. The van der Waals surface area contributed by atoms with Crippen molar-refractivity contribution in [1.29, 1.82) is 0 Å². The van der Waals surface area contributed by atoms with Gasteiger partial charge in [-0.1, -0.05) is 6.92 Å². The maximum atomic E-state index is 12.9. The van der Waals surface area contributed by atoms with Crippen molar-refractivity contribution >= 4 is 11.3 Å². The number of aromatic nitrogens is 1. The van der Waals surface area contributed by atoms with Crippen LogP contribution in [0.4, 0.5) is 4.39 Å². The normalized spacial score (nSPS) is 17.2. The van der Waals surface area contributed by atoms with E-state index in [0.717, 1.165) is 55.5 Å². The fourth-order valence-corrected chi connectivity index (χ4v) is 3.41. The van der Waals surface area contributed by atoms with Crippen LogP contribution in [0.3, 0.4) is 0 Å². The fraction of sp³-hybridized carbons (Fsp3) is 0.438. The maximum absolute atomic E-state index is 12.9. The lowest BCUT2D eigenvalue weighted by Gasteiger charge is -2.33. The van der Waals surface area contributed by atoms with Gasteiger partial charge in [-0.15, -0.1) is 11.3 Å². The van der Waals surface area contributed by atoms with Crippen molar-refractivity contribution in [3.8, 4) is 10.6 Å². The number of likely N-dealkylation sites (N-methyl/N-ethyl adjacent to an activating group) is 1. The maximum Gasteiger partial charge on any atom is 0.123 e. The van der Waals surface area contributed by atoms with E-state index in [9.17, 15) is 4.39 Å². The van der Waals surface area contributed by atoms with Crippen molar-refractivity contribution in [1.82, 2.24) is 14.8 Å². The molecule has 112 valence electrons. The van der Waals surface area contributed by atoms with Crippen LogP contribution in [0.1, 0.15) is 12.6 Å². The Morgan fingerprint density at radius 1 is 1.10 bits per heavy atom. The molecule has 0 unspecified atom stereocenters. The molecule has 1 saturated heterocycles. The highest BCUT2D eigenvalue weighted by molar-refractivity contribution is 7.13. The molecule has 0 radical (unpaired) electrons. The minimum Gasteiger partial charge on any atom is -0.301 e. The zero-order chi connectivity index (χ0) is 14.7. The molecule has 1 aromatic heterocycles. The van der Waals surface area contributed by atoms with Gasteiger partial charge < -0.3 is 4.90 Å². The van der Waals surface area contributed by atoms with E-state index in [1.54, 1.807) is 23.5 Å². The summed E-state index contributed by atoms with van der Waals surface area (Å²) < 4.78 is 12.9. The van der Waals surface area contributed by atoms with Gasteiger partial charge in [-0.3, -0.25) is 4.90 Å². The average molecular weight is 305 g/mol. The molecule has 2 aromatic rings. The predicted molar refractivity (Wildman–Crippen MR) is 84.9 cm³/mol. The molecule has 0 amide bonds. The average Bonchev–Trinajstić information content (AvgIpc) is 2.97. The molecule has 3 rings (SSSR count). The SMILES string of the molecule is CCN1CCN(Cc2csc(-c3ccc(F)cc3)n2)CC1. The molecule has 5 heteroatoms. The van der Waals surface area contributed by atoms with E-state index < -0.39 is 0 Å². The van der Waals surface area contributed by atoms with Crippen LogP contribution in [-0.2, 0) is 6.54 Å². The molecule has 0 bridgehead atoms. The highest BCUT2D eigenvalue weighted by Gasteiger charge is 2.16. The van der Waals surface area contributed by atoms with E-state index in [1.807, 2.05) is 0 Å². The monoisotopic (exact) mass is 305 g/mol. The zero-order valence-corrected chi connectivity index (χ0v) is 13.1. The first-order valence-corrected chi connectivity index (χ1v) is 8.27. The van der Waals surface area contributed by atoms with Crippen LogP contribution >= 0.6 is 11.3 Å². The standard InChI is InChI=1S/C16H20FN3S/c1-2-19-7-9-20(10-8-19)11-15-12-21-16(18-15)13-3-5-14(17)6-4-13/h3-6,12H,2,7-11H2,1H3. The summed E-state index contributed by atoms with van der Waals surface area (Å²) in [5, 5.41) is 3.09. The topological polar surface area (TPSA) is 19.4 Å². The molecule has 0 saturated carbocycles. The van der Waals surface area contributed by atoms with Gasteiger partial charge in [0.25, 0.3) is 0 Å². The van der Waals surface area contributed by atoms with E-state index in [2.05, 4.69) is 27.1 Å². The Morgan fingerprint density at radius 2 is 1.76 bits per heavy atom. The number of nitrogens with zero attached hydrogens (tertiary/aromatic N) is 3. The van der Waals surface area contributed by atoms with Crippen LogP contribution in [0, 0.1) is 5.82 Å². The molecule has 21 heavy (non-hydrogen) atoms. The van der Waals surface area contributed by atoms with E-state index in [1.165, 1.54) is 12.1 Å². The minimum atomic E-state index is -0.204. The lowest BCUT2D eigenvalue weighted by atomic mass is 10.2. The van der Waals surface area contributed by atoms with E-state index >= 15 is 0 Å². The molecule has 0 N–H and O–H groups in total. The molecule has 2 heterocycles. The Labute approximate surface area is 129 Å². The largest absolute Gasteiger partial charge is 0.301 e. The lowest BCUT2D eigenvalue weighted by Crippen LogP contribution is -2.45. The summed E-state index contributed by atoms with van der Waals surface area (Å²) in [4.78, 5) is 9.61. The Balaban J connectivity index is 1.62. The third-order valence-electron chi connectivity index (χ3n) is 3.94. The number of piperazine rings is 1. The predicted octanol–water partition coefficient (Wildman–Crippen LogP) is 3.09. The van der Waals surface area contributed by atoms with E-state index in [0.29, 0.717) is 0 Å². The lowest BCUT2D eigenvalue weighted by molar-refractivity contribution is 0.131. The highest BCUT2D eigenvalue weighted by Crippen LogP contribution is 2.24. The summed E-state index contributed by atoms with van der Waals surface area (Å²) in [7, 11) is 0. The summed E-state index contributed by atoms with van der Waals surface area (Å²) in [5.41, 5.74) is 2.10. The van der Waals surface area contributed by atoms with Gasteiger partial charge in [0.15, 0.2) is 0 Å². The smallest absolute Gasteiger partial charge is 0.123 e. The van der Waals surface area contributed by atoms with E-state index in [4.69, 9.17) is 0 Å².